The summed E-state index contributed by atoms with van der Waals surface area (Å²) in [5.74, 6) is -23.1. The Morgan fingerprint density at radius 1 is 0.508 bits per heavy atom. The zero-order chi connectivity index (χ0) is 95.2. The number of benzene rings is 2. The summed E-state index contributed by atoms with van der Waals surface area (Å²) in [6.07, 6.45) is -2.33. The minimum atomic E-state index is -1.86. The molecule has 25 N–H and O–H groups in total. The number of thioether (sulfide) groups is 4. The number of aromatic hydroxyl groups is 2. The molecule has 0 radical (unpaired) electrons. The number of phenols is 2. The number of phenolic OH excluding ortho intramolecular Hbond substituents is 2. The number of fused-ring (bicyclic) bond motifs is 7. The number of nitrogens with one attached hydrogen (secondary N) is 14. The molecule has 3 aliphatic heterocycles. The Morgan fingerprint density at radius 2 is 0.953 bits per heavy atom. The number of hydrogen-bond donors (Lipinski definition) is 21. The van der Waals surface area contributed by atoms with Gasteiger partial charge in [0, 0.05) is 73.0 Å². The lowest BCUT2D eigenvalue weighted by molar-refractivity contribution is -0.158. The van der Waals surface area contributed by atoms with Gasteiger partial charge in [-0.3, -0.25) is 95.9 Å². The van der Waals surface area contributed by atoms with E-state index in [2.05, 4.69) is 74.4 Å². The molecule has 0 aromatic heterocycles. The van der Waals surface area contributed by atoms with E-state index in [1.54, 1.807) is 20.1 Å². The number of rotatable bonds is 23. The first-order chi connectivity index (χ1) is 60.5. The normalized spacial score (nSPS) is 24.6. The van der Waals surface area contributed by atoms with Gasteiger partial charge in [-0.1, -0.05) is 52.0 Å². The molecular formula is C80H121N21O23S4. The van der Waals surface area contributed by atoms with Crippen LogP contribution >= 0.6 is 47.0 Å². The van der Waals surface area contributed by atoms with Crippen molar-refractivity contribution in [1.29, 1.82) is 0 Å². The van der Waals surface area contributed by atoms with Crippen molar-refractivity contribution >= 4 is 165 Å². The van der Waals surface area contributed by atoms with E-state index in [1.807, 2.05) is 0 Å². The summed E-state index contributed by atoms with van der Waals surface area (Å²) in [5, 5.41) is 65.7. The quantitative estimate of drug-likeness (QED) is 0.0461. The van der Waals surface area contributed by atoms with Crippen molar-refractivity contribution in [2.75, 3.05) is 79.6 Å². The number of carboxylic acids is 1. The van der Waals surface area contributed by atoms with Crippen LogP contribution in [0.25, 0.3) is 0 Å². The molecule has 19 amide bonds. The highest BCUT2D eigenvalue weighted by molar-refractivity contribution is 7.99. The van der Waals surface area contributed by atoms with E-state index in [0.29, 0.717) is 17.5 Å². The van der Waals surface area contributed by atoms with E-state index < -0.39 is 273 Å². The fraction of sp³-hybridized carbons (Fsp3) is 0.600. The van der Waals surface area contributed by atoms with Crippen LogP contribution in [0.15, 0.2) is 48.5 Å². The molecule has 2 aromatic carbocycles. The van der Waals surface area contributed by atoms with Crippen molar-refractivity contribution in [3.05, 3.63) is 59.7 Å². The van der Waals surface area contributed by atoms with Gasteiger partial charge in [0.2, 0.25) is 112 Å². The number of primary amides is 2. The molecule has 4 bridgehead atoms. The summed E-state index contributed by atoms with van der Waals surface area (Å²) >= 11 is 4.04. The Hall–Kier alpha value is -11.2. The molecule has 3 saturated heterocycles. The van der Waals surface area contributed by atoms with Gasteiger partial charge in [-0.25, -0.2) is 0 Å². The number of carboxylic acid groups (broad SMARTS) is 1. The van der Waals surface area contributed by atoms with Crippen LogP contribution in [0.4, 0.5) is 0 Å². The van der Waals surface area contributed by atoms with Crippen molar-refractivity contribution < 1.29 is 111 Å². The number of nitrogens with two attached hydrogens (primary N) is 4. The fourth-order valence-electron chi connectivity index (χ4n) is 12.8. The Bertz CT molecular complexity index is 4250. The average molecular weight is 1870 g/mol. The first-order valence-corrected chi connectivity index (χ1v) is 46.4. The molecule has 0 spiro atoms. The lowest BCUT2D eigenvalue weighted by Crippen LogP contribution is -2.61. The van der Waals surface area contributed by atoms with E-state index in [0.717, 1.165) is 40.2 Å². The first kappa shape index (κ1) is 107. The maximum absolute atomic E-state index is 14.9. The smallest absolute Gasteiger partial charge is 0.303 e. The molecule has 0 unspecified atom stereocenters. The number of nitrogens with zero attached hydrogens (tertiary/aromatic N) is 3. The monoisotopic (exact) mass is 1870 g/mol. The molecule has 2 aromatic rings. The minimum Gasteiger partial charge on any atom is -0.508 e. The summed E-state index contributed by atoms with van der Waals surface area (Å²) < 4.78 is 0. The van der Waals surface area contributed by atoms with Crippen LogP contribution in [-0.2, 0) is 109 Å². The maximum atomic E-state index is 14.9. The summed E-state index contributed by atoms with van der Waals surface area (Å²) in [6.45, 7) is 7.87. The molecule has 3 fully saturated rings. The minimum absolute atomic E-state index is 0.0984. The molecule has 5 rings (SSSR count). The SMILES string of the molecule is CSCC[C@@H]1NC(=O)[C@H](Cc2ccc(O)cc2)NC(=O)[C@H](C)NC(=O)[C@@H]2CSCCC(=O)N3CN(CN(C3)C(=O)CCSC[C@@H](C(=O)N[C@@H](C)C(N)=O)NC(=O)[C@H](C(C)C)NC(=O)[C@H](CC(N)=O)NC1=O)C(=O)CCSC[C@H](NC(=O)[C@H](C)N)C(=O)N[C@@H](Cc1ccc(O)cc1)C(=O)N[C@@H](C(C)C)C(=O)NCC(=O)N[C@@H](CCCCN)C(=O)N[C@@H](CCC(=O)O)C(=O)N2. The molecule has 0 aliphatic carbocycles. The van der Waals surface area contributed by atoms with Crippen molar-refractivity contribution in [1.82, 2.24) is 89.1 Å². The van der Waals surface area contributed by atoms with Gasteiger partial charge in [0.1, 0.15) is 90.0 Å². The summed E-state index contributed by atoms with van der Waals surface area (Å²) in [7, 11) is 0. The van der Waals surface area contributed by atoms with E-state index in [4.69, 9.17) is 22.9 Å². The third-order valence-electron chi connectivity index (χ3n) is 20.3. The third kappa shape index (κ3) is 36.8. The van der Waals surface area contributed by atoms with Crippen LogP contribution in [0.1, 0.15) is 124 Å². The lowest BCUT2D eigenvalue weighted by atomic mass is 10.0. The molecule has 3 aliphatic rings. The van der Waals surface area contributed by atoms with Crippen molar-refractivity contribution in [2.45, 2.75) is 210 Å². The summed E-state index contributed by atoms with van der Waals surface area (Å²) in [4.78, 5) is 287. The molecule has 14 atom stereocenters. The largest absolute Gasteiger partial charge is 0.508 e. The van der Waals surface area contributed by atoms with Gasteiger partial charge in [-0.05, 0) is 119 Å². The number of carbonyl (C=O) groups excluding carboxylic acids is 19. The van der Waals surface area contributed by atoms with Crippen LogP contribution in [0, 0.1) is 11.8 Å². The van der Waals surface area contributed by atoms with E-state index in [9.17, 15) is 111 Å². The van der Waals surface area contributed by atoms with Crippen molar-refractivity contribution in [2.24, 2.45) is 34.8 Å². The second-order valence-corrected chi connectivity index (χ2v) is 36.0. The number of amides is 19. The second-order valence-electron chi connectivity index (χ2n) is 31.5. The van der Waals surface area contributed by atoms with Crippen LogP contribution in [0.2, 0.25) is 0 Å². The highest BCUT2D eigenvalue weighted by Crippen LogP contribution is 2.21. The Kier molecular flexibility index (Phi) is 45.4. The van der Waals surface area contributed by atoms with Gasteiger partial charge in [0.05, 0.1) is 39.0 Å². The number of hydrogen-bond acceptors (Lipinski definition) is 28. The molecule has 128 heavy (non-hydrogen) atoms. The van der Waals surface area contributed by atoms with Gasteiger partial charge in [-0.15, -0.1) is 0 Å². The second kappa shape index (κ2) is 54.2. The van der Waals surface area contributed by atoms with Crippen molar-refractivity contribution in [3.8, 4) is 11.5 Å². The van der Waals surface area contributed by atoms with Crippen LogP contribution in [0.5, 0.6) is 11.5 Å². The molecule has 44 nitrogen and oxygen atoms in total. The fourth-order valence-corrected chi connectivity index (χ4v) is 16.1. The molecule has 0 saturated carbocycles. The number of aliphatic carboxylic acids is 1. The molecule has 3 heterocycles. The summed E-state index contributed by atoms with van der Waals surface area (Å²) in [5.41, 5.74) is 23.6. The highest BCUT2D eigenvalue weighted by Gasteiger charge is 2.40. The number of carbonyl (C=O) groups is 20. The van der Waals surface area contributed by atoms with Gasteiger partial charge in [0.25, 0.3) is 0 Å². The number of unbranched alkanes of at least 4 members (excludes halogenated alkanes) is 1. The Balaban J connectivity index is 1.69. The Labute approximate surface area is 757 Å². The van der Waals surface area contributed by atoms with Crippen LogP contribution in [-0.4, -0.2) is 312 Å². The predicted molar refractivity (Wildman–Crippen MR) is 473 cm³/mol. The zero-order valence-electron chi connectivity index (χ0n) is 72.6. The highest BCUT2D eigenvalue weighted by atomic mass is 32.2. The first-order valence-electron chi connectivity index (χ1n) is 41.6. The van der Waals surface area contributed by atoms with E-state index in [-0.39, 0.29) is 97.5 Å². The zero-order valence-corrected chi connectivity index (χ0v) is 75.9. The van der Waals surface area contributed by atoms with E-state index >= 15 is 0 Å². The molecule has 48 heteroatoms. The van der Waals surface area contributed by atoms with Crippen molar-refractivity contribution in [3.63, 3.8) is 0 Å². The standard InChI is InChI=1S/C80H121N21O23S4/c1-41(2)65-79(123)85-34-60(105)88-50(11-9-10-26-81)70(114)89-51(20-21-64(109)110)71(115)95-56-35-126-28-23-61(106)99-38-100(40-101(39-99)63(108)25-30-128-37-58(94-68(112)43(5)82)78(122)92-54(74(118)97-65)32-47-14-18-49(103)19-15-47)62(107)24-29-127-36-57(76(120)86-44(6)67(84)111)96-80(124)66(42(3)4)98-75(119)55(33-59(83)104)93-72(116)52(22-27-125-8)90-73(117)53(31-46-12-16-48(102)17-13-46)91-69(113)45(7)87-77(56)121/h12-19,41-45,50-58,65-66,102-103H,9-11,20-40,81-82H2,1-8H3,(H2,83,104)(H2,84,111)(H,85,123)(H,86,120)(H,87,121)(H,88,105)(H,89,114)(H,90,117)(H,91,113)(H,92,122)(H,93,116)(H,94,112)(H,95,115)(H,96,124)(H,97,118)(H,98,119)(H,109,110)/t43-,44-,45-,50-,51-,52-,53-,54-,55-,56-,57-,58-,65-,66-/m0/s1. The Morgan fingerprint density at radius 3 is 1.44 bits per heavy atom. The molecular weight excluding hydrogens is 1750 g/mol. The topological polar surface area (TPSA) is 684 Å². The summed E-state index contributed by atoms with van der Waals surface area (Å²) in [6, 6.07) is -11.0. The van der Waals surface area contributed by atoms with E-state index in [1.165, 1.54) is 105 Å². The lowest BCUT2D eigenvalue weighted by Gasteiger charge is -2.42. The van der Waals surface area contributed by atoms with Crippen LogP contribution in [0.3, 0.4) is 0 Å². The molecule has 708 valence electrons. The maximum Gasteiger partial charge on any atom is 0.303 e. The predicted octanol–water partition coefficient (Wildman–Crippen LogP) is -6.12. The van der Waals surface area contributed by atoms with Gasteiger partial charge in [0.15, 0.2) is 0 Å². The van der Waals surface area contributed by atoms with Gasteiger partial charge in [-0.2, -0.15) is 47.0 Å². The van der Waals surface area contributed by atoms with Gasteiger partial charge < -0.3 is 127 Å². The van der Waals surface area contributed by atoms with Gasteiger partial charge >= 0.3 is 5.97 Å². The third-order valence-corrected chi connectivity index (χ3v) is 24.1. The van der Waals surface area contributed by atoms with Crippen LogP contribution < -0.4 is 97.4 Å². The average Bonchev–Trinajstić information content (AvgIpc) is 0.819.